The average molecular weight is 316 g/mol. The van der Waals surface area contributed by atoms with Gasteiger partial charge >= 0.3 is 0 Å². The molecule has 0 aliphatic carbocycles. The minimum atomic E-state index is 0.301. The third-order valence-corrected chi connectivity index (χ3v) is 3.49. The van der Waals surface area contributed by atoms with Gasteiger partial charge in [-0.1, -0.05) is 6.07 Å². The van der Waals surface area contributed by atoms with E-state index < -0.39 is 0 Å². The fourth-order valence-corrected chi connectivity index (χ4v) is 2.46. The number of methoxy groups -OCH3 is 1. The van der Waals surface area contributed by atoms with Gasteiger partial charge in [0, 0.05) is 13.2 Å². The van der Waals surface area contributed by atoms with Gasteiger partial charge in [0.25, 0.3) is 0 Å². The van der Waals surface area contributed by atoms with Crippen molar-refractivity contribution in [3.63, 3.8) is 0 Å². The number of aliphatic hydroxyl groups is 1. The molecule has 0 radical (unpaired) electrons. The number of rotatable bonds is 8. The van der Waals surface area contributed by atoms with E-state index in [9.17, 15) is 0 Å². The Kier molecular flexibility index (Phi) is 7.32. The van der Waals surface area contributed by atoms with Crippen molar-refractivity contribution in [2.75, 3.05) is 27.3 Å². The summed E-state index contributed by atoms with van der Waals surface area (Å²) in [5.74, 6) is 0.865. The lowest BCUT2D eigenvalue weighted by Gasteiger charge is -2.17. The lowest BCUT2D eigenvalue weighted by atomic mass is 10.2. The summed E-state index contributed by atoms with van der Waals surface area (Å²) in [5.41, 5.74) is 1.27. The number of ether oxygens (including phenoxy) is 1. The summed E-state index contributed by atoms with van der Waals surface area (Å²) in [6.45, 7) is 2.29. The predicted molar refractivity (Wildman–Crippen MR) is 78.0 cm³/mol. The Balaban J connectivity index is 2.39. The first-order chi connectivity index (χ1) is 8.67. The van der Waals surface area contributed by atoms with Crippen LogP contribution < -0.4 is 4.74 Å². The Hall–Kier alpha value is -0.580. The summed E-state index contributed by atoms with van der Waals surface area (Å²) in [6.07, 6.45) is 3.13. The Morgan fingerprint density at radius 3 is 2.67 bits per heavy atom. The highest BCUT2D eigenvalue weighted by molar-refractivity contribution is 9.10. The molecule has 0 saturated heterocycles. The van der Waals surface area contributed by atoms with Crippen LogP contribution in [-0.2, 0) is 6.54 Å². The van der Waals surface area contributed by atoms with Gasteiger partial charge in [0.1, 0.15) is 5.75 Å². The fraction of sp³-hybridized carbons (Fsp3) is 0.571. The molecule has 1 N–H and O–H groups in total. The average Bonchev–Trinajstić information content (AvgIpc) is 2.35. The van der Waals surface area contributed by atoms with Gasteiger partial charge in [-0.2, -0.15) is 0 Å². The summed E-state index contributed by atoms with van der Waals surface area (Å²) in [5, 5.41) is 8.72. The van der Waals surface area contributed by atoms with Crippen molar-refractivity contribution in [3.05, 3.63) is 28.2 Å². The van der Waals surface area contributed by atoms with E-state index in [0.717, 1.165) is 42.6 Å². The van der Waals surface area contributed by atoms with Crippen molar-refractivity contribution in [2.24, 2.45) is 0 Å². The molecule has 0 unspecified atom stereocenters. The second-order valence-corrected chi connectivity index (χ2v) is 5.35. The standard InChI is InChI=1S/C14H22BrNO2/c1-16(8-4-3-5-9-17)11-12-6-7-14(18-2)13(15)10-12/h6-7,10,17H,3-5,8-9,11H2,1-2H3. The summed E-state index contributed by atoms with van der Waals surface area (Å²) in [6, 6.07) is 6.18. The van der Waals surface area contributed by atoms with Crippen LogP contribution in [0.25, 0.3) is 0 Å². The summed E-state index contributed by atoms with van der Waals surface area (Å²) in [7, 11) is 3.80. The Morgan fingerprint density at radius 1 is 1.28 bits per heavy atom. The van der Waals surface area contributed by atoms with Gasteiger partial charge in [-0.3, -0.25) is 0 Å². The number of unbranched alkanes of at least 4 members (excludes halogenated alkanes) is 2. The molecule has 102 valence electrons. The number of nitrogens with zero attached hydrogens (tertiary/aromatic N) is 1. The van der Waals surface area contributed by atoms with Crippen molar-refractivity contribution in [3.8, 4) is 5.75 Å². The van der Waals surface area contributed by atoms with Crippen molar-refractivity contribution < 1.29 is 9.84 Å². The molecule has 0 heterocycles. The van der Waals surface area contributed by atoms with Crippen LogP contribution in [0.1, 0.15) is 24.8 Å². The van der Waals surface area contributed by atoms with Gasteiger partial charge in [0.15, 0.2) is 0 Å². The Bertz CT molecular complexity index is 358. The quantitative estimate of drug-likeness (QED) is 0.748. The lowest BCUT2D eigenvalue weighted by Crippen LogP contribution is -2.19. The molecule has 0 amide bonds. The van der Waals surface area contributed by atoms with Crippen molar-refractivity contribution in [1.82, 2.24) is 4.90 Å². The molecule has 0 aliphatic rings. The zero-order valence-electron chi connectivity index (χ0n) is 11.2. The van der Waals surface area contributed by atoms with Gasteiger partial charge in [0.05, 0.1) is 11.6 Å². The molecular weight excluding hydrogens is 294 g/mol. The van der Waals surface area contributed by atoms with Crippen LogP contribution in [0, 0.1) is 0 Å². The maximum atomic E-state index is 8.72. The molecule has 0 saturated carbocycles. The molecule has 1 rings (SSSR count). The molecule has 0 aromatic heterocycles. The van der Waals surface area contributed by atoms with Crippen LogP contribution in [0.5, 0.6) is 5.75 Å². The monoisotopic (exact) mass is 315 g/mol. The van der Waals surface area contributed by atoms with E-state index in [1.807, 2.05) is 6.07 Å². The molecule has 18 heavy (non-hydrogen) atoms. The molecule has 0 atom stereocenters. The van der Waals surface area contributed by atoms with Gasteiger partial charge in [-0.05, 0) is 66.5 Å². The van der Waals surface area contributed by atoms with Crippen LogP contribution in [0.15, 0.2) is 22.7 Å². The topological polar surface area (TPSA) is 32.7 Å². The second-order valence-electron chi connectivity index (χ2n) is 4.49. The molecule has 1 aromatic rings. The van der Waals surface area contributed by atoms with Crippen LogP contribution >= 0.6 is 15.9 Å². The van der Waals surface area contributed by atoms with Gasteiger partial charge in [-0.15, -0.1) is 0 Å². The number of aliphatic hydroxyl groups excluding tert-OH is 1. The van der Waals surface area contributed by atoms with Gasteiger partial charge in [0.2, 0.25) is 0 Å². The first-order valence-electron chi connectivity index (χ1n) is 6.29. The highest BCUT2D eigenvalue weighted by Crippen LogP contribution is 2.25. The number of halogens is 1. The van der Waals surface area contributed by atoms with E-state index in [1.165, 1.54) is 5.56 Å². The third kappa shape index (κ3) is 5.38. The Morgan fingerprint density at radius 2 is 2.06 bits per heavy atom. The fourth-order valence-electron chi connectivity index (χ4n) is 1.87. The summed E-state index contributed by atoms with van der Waals surface area (Å²) >= 11 is 3.50. The third-order valence-electron chi connectivity index (χ3n) is 2.87. The number of hydrogen-bond donors (Lipinski definition) is 1. The Labute approximate surface area is 118 Å². The first kappa shape index (κ1) is 15.5. The highest BCUT2D eigenvalue weighted by Gasteiger charge is 2.04. The van der Waals surface area contributed by atoms with E-state index in [4.69, 9.17) is 9.84 Å². The van der Waals surface area contributed by atoms with E-state index in [2.05, 4.69) is 40.0 Å². The summed E-state index contributed by atoms with van der Waals surface area (Å²) < 4.78 is 6.21. The molecule has 0 fully saturated rings. The maximum absolute atomic E-state index is 8.72. The van der Waals surface area contributed by atoms with Crippen LogP contribution in [0.3, 0.4) is 0 Å². The largest absolute Gasteiger partial charge is 0.496 e. The minimum Gasteiger partial charge on any atom is -0.496 e. The molecule has 0 spiro atoms. The highest BCUT2D eigenvalue weighted by atomic mass is 79.9. The zero-order valence-corrected chi connectivity index (χ0v) is 12.7. The minimum absolute atomic E-state index is 0.301. The van der Waals surface area contributed by atoms with E-state index >= 15 is 0 Å². The van der Waals surface area contributed by atoms with E-state index in [-0.39, 0.29) is 0 Å². The van der Waals surface area contributed by atoms with Crippen LogP contribution in [-0.4, -0.2) is 37.3 Å². The maximum Gasteiger partial charge on any atom is 0.133 e. The van der Waals surface area contributed by atoms with Gasteiger partial charge < -0.3 is 14.7 Å². The van der Waals surface area contributed by atoms with Crippen LogP contribution in [0.4, 0.5) is 0 Å². The second kappa shape index (κ2) is 8.51. The molecule has 4 heteroatoms. The lowest BCUT2D eigenvalue weighted by molar-refractivity contribution is 0.271. The first-order valence-corrected chi connectivity index (χ1v) is 7.08. The molecule has 3 nitrogen and oxygen atoms in total. The summed E-state index contributed by atoms with van der Waals surface area (Å²) in [4.78, 5) is 2.30. The molecular formula is C14H22BrNO2. The molecule has 1 aromatic carbocycles. The number of benzene rings is 1. The smallest absolute Gasteiger partial charge is 0.133 e. The van der Waals surface area contributed by atoms with Crippen molar-refractivity contribution in [2.45, 2.75) is 25.8 Å². The van der Waals surface area contributed by atoms with E-state index in [0.29, 0.717) is 6.61 Å². The zero-order chi connectivity index (χ0) is 13.4. The predicted octanol–water partition coefficient (Wildman–Crippen LogP) is 3.05. The normalized spacial score (nSPS) is 10.9. The van der Waals surface area contributed by atoms with Crippen molar-refractivity contribution >= 4 is 15.9 Å². The van der Waals surface area contributed by atoms with Gasteiger partial charge in [-0.25, -0.2) is 0 Å². The molecule has 0 aliphatic heterocycles. The molecule has 0 bridgehead atoms. The van der Waals surface area contributed by atoms with Crippen molar-refractivity contribution in [1.29, 1.82) is 0 Å². The SMILES string of the molecule is COc1ccc(CN(C)CCCCCO)cc1Br. The number of hydrogen-bond acceptors (Lipinski definition) is 3. The van der Waals surface area contributed by atoms with Crippen LogP contribution in [0.2, 0.25) is 0 Å². The van der Waals surface area contributed by atoms with E-state index in [1.54, 1.807) is 7.11 Å².